The number of aryl methyl sites for hydroxylation is 2. The molecule has 0 spiro atoms. The topological polar surface area (TPSA) is 83.6 Å². The van der Waals surface area contributed by atoms with Crippen molar-refractivity contribution in [3.8, 4) is 0 Å². The van der Waals surface area contributed by atoms with Gasteiger partial charge >= 0.3 is 0 Å². The zero-order valence-electron chi connectivity index (χ0n) is 16.9. The molecule has 3 aliphatic rings. The number of fused-ring (bicyclic) bond motifs is 2. The van der Waals surface area contributed by atoms with Crippen LogP contribution in [-0.2, 0) is 22.4 Å². The van der Waals surface area contributed by atoms with Crippen molar-refractivity contribution in [3.63, 3.8) is 0 Å². The van der Waals surface area contributed by atoms with Gasteiger partial charge in [0.1, 0.15) is 5.82 Å². The number of anilines is 3. The van der Waals surface area contributed by atoms with Crippen LogP contribution >= 0.6 is 0 Å². The molecule has 30 heavy (non-hydrogen) atoms. The lowest BCUT2D eigenvalue weighted by atomic mass is 9.99. The van der Waals surface area contributed by atoms with Gasteiger partial charge in [0.2, 0.25) is 5.91 Å². The molecule has 156 valence electrons. The number of ether oxygens (including phenoxy) is 1. The van der Waals surface area contributed by atoms with Crippen molar-refractivity contribution < 1.29 is 14.3 Å². The Morgan fingerprint density at radius 1 is 1.20 bits per heavy atom. The molecule has 1 saturated heterocycles. The Labute approximate surface area is 175 Å². The fraction of sp³-hybridized carbons (Fsp3) is 0.435. The molecule has 7 heteroatoms. The predicted octanol–water partition coefficient (Wildman–Crippen LogP) is 3.01. The standard InChI is InChI=1S/C23H26N4O3/c28-21-13-25-22-20(27(21)14-15-6-8-30-9-7-15)11-18(12-24-22)23(29)26-19-5-4-16-2-1-3-17(16)10-19/h4-5,10-12,15H,1-3,6-9,13-14H2,(H,24,25)(H,26,29). The Morgan fingerprint density at radius 2 is 2.03 bits per heavy atom. The van der Waals surface area contributed by atoms with E-state index in [9.17, 15) is 9.59 Å². The Bertz CT molecular complexity index is 984. The molecule has 0 unspecified atom stereocenters. The molecule has 1 aromatic heterocycles. The van der Waals surface area contributed by atoms with Gasteiger partial charge in [0.25, 0.3) is 5.91 Å². The van der Waals surface area contributed by atoms with Gasteiger partial charge in [-0.15, -0.1) is 0 Å². The van der Waals surface area contributed by atoms with Crippen molar-refractivity contribution in [1.82, 2.24) is 4.98 Å². The lowest BCUT2D eigenvalue weighted by molar-refractivity contribution is -0.117. The van der Waals surface area contributed by atoms with Gasteiger partial charge in [-0.05, 0) is 67.3 Å². The molecule has 0 bridgehead atoms. The zero-order chi connectivity index (χ0) is 20.5. The summed E-state index contributed by atoms with van der Waals surface area (Å²) in [6, 6.07) is 7.89. The van der Waals surface area contributed by atoms with Crippen molar-refractivity contribution in [1.29, 1.82) is 0 Å². The molecule has 0 radical (unpaired) electrons. The van der Waals surface area contributed by atoms with Gasteiger partial charge in [0.15, 0.2) is 0 Å². The van der Waals surface area contributed by atoms with E-state index in [0.29, 0.717) is 29.5 Å². The molecular formula is C23H26N4O3. The lowest BCUT2D eigenvalue weighted by Gasteiger charge is -2.33. The van der Waals surface area contributed by atoms with E-state index >= 15 is 0 Å². The normalized spacial score (nSPS) is 18.5. The van der Waals surface area contributed by atoms with E-state index in [0.717, 1.165) is 44.6 Å². The fourth-order valence-electron chi connectivity index (χ4n) is 4.55. The summed E-state index contributed by atoms with van der Waals surface area (Å²) in [5.41, 5.74) is 4.61. The highest BCUT2D eigenvalue weighted by Gasteiger charge is 2.29. The summed E-state index contributed by atoms with van der Waals surface area (Å²) < 4.78 is 5.44. The van der Waals surface area contributed by atoms with Crippen LogP contribution in [0.3, 0.4) is 0 Å². The number of hydrogen-bond acceptors (Lipinski definition) is 5. The molecule has 3 heterocycles. The Balaban J connectivity index is 1.36. The van der Waals surface area contributed by atoms with E-state index in [4.69, 9.17) is 4.74 Å². The van der Waals surface area contributed by atoms with E-state index in [1.54, 1.807) is 17.2 Å². The van der Waals surface area contributed by atoms with Gasteiger partial charge in [-0.2, -0.15) is 0 Å². The number of pyridine rings is 1. The van der Waals surface area contributed by atoms with Crippen molar-refractivity contribution in [2.45, 2.75) is 32.1 Å². The summed E-state index contributed by atoms with van der Waals surface area (Å²) in [4.78, 5) is 31.7. The van der Waals surface area contributed by atoms with Crippen LogP contribution in [0, 0.1) is 5.92 Å². The SMILES string of the molecule is O=C(Nc1ccc2c(c1)CCC2)c1cnc2c(c1)N(CC1CCOCC1)C(=O)CN2. The van der Waals surface area contributed by atoms with Crippen molar-refractivity contribution in [3.05, 3.63) is 47.2 Å². The van der Waals surface area contributed by atoms with Crippen molar-refractivity contribution >= 4 is 29.0 Å². The second kappa shape index (κ2) is 8.07. The molecule has 0 saturated carbocycles. The number of hydrogen-bond donors (Lipinski definition) is 2. The van der Waals surface area contributed by atoms with Crippen LogP contribution in [-0.4, -0.2) is 43.1 Å². The maximum atomic E-state index is 12.9. The summed E-state index contributed by atoms with van der Waals surface area (Å²) in [6.45, 7) is 2.33. The van der Waals surface area contributed by atoms with Crippen LogP contribution in [0.4, 0.5) is 17.2 Å². The number of nitrogens with zero attached hydrogens (tertiary/aromatic N) is 2. The number of rotatable bonds is 4. The van der Waals surface area contributed by atoms with Gasteiger partial charge in [-0.3, -0.25) is 9.59 Å². The summed E-state index contributed by atoms with van der Waals surface area (Å²) >= 11 is 0. The minimum absolute atomic E-state index is 0.00646. The molecule has 1 fully saturated rings. The third-order valence-corrected chi connectivity index (χ3v) is 6.27. The molecule has 1 aromatic carbocycles. The molecule has 2 aliphatic heterocycles. The third-order valence-electron chi connectivity index (χ3n) is 6.27. The average Bonchev–Trinajstić information content (AvgIpc) is 3.24. The van der Waals surface area contributed by atoms with Gasteiger partial charge in [-0.1, -0.05) is 6.07 Å². The van der Waals surface area contributed by atoms with Crippen LogP contribution in [0.1, 0.15) is 40.7 Å². The van der Waals surface area contributed by atoms with Crippen LogP contribution < -0.4 is 15.5 Å². The van der Waals surface area contributed by atoms with Gasteiger partial charge in [0, 0.05) is 31.6 Å². The number of carbonyl (C=O) groups is 2. The Kier molecular flexibility index (Phi) is 5.12. The van der Waals surface area contributed by atoms with Crippen molar-refractivity contribution in [2.24, 2.45) is 5.92 Å². The van der Waals surface area contributed by atoms with Crippen molar-refractivity contribution in [2.75, 3.05) is 41.8 Å². The summed E-state index contributed by atoms with van der Waals surface area (Å²) in [6.07, 6.45) is 6.80. The molecular weight excluding hydrogens is 380 g/mol. The molecule has 5 rings (SSSR count). The molecule has 0 atom stereocenters. The maximum absolute atomic E-state index is 12.9. The second-order valence-corrected chi connectivity index (χ2v) is 8.30. The number of nitrogens with one attached hydrogen (secondary N) is 2. The largest absolute Gasteiger partial charge is 0.381 e. The van der Waals surface area contributed by atoms with E-state index < -0.39 is 0 Å². The molecule has 2 aromatic rings. The average molecular weight is 406 g/mol. The van der Waals surface area contributed by atoms with Crippen LogP contribution in [0.2, 0.25) is 0 Å². The highest BCUT2D eigenvalue weighted by atomic mass is 16.5. The van der Waals surface area contributed by atoms with E-state index in [1.165, 1.54) is 17.5 Å². The number of aromatic nitrogens is 1. The first-order valence-corrected chi connectivity index (χ1v) is 10.7. The molecule has 1 aliphatic carbocycles. The van der Waals surface area contributed by atoms with Crippen LogP contribution in [0.15, 0.2) is 30.5 Å². The number of benzene rings is 1. The quantitative estimate of drug-likeness (QED) is 0.816. The summed E-state index contributed by atoms with van der Waals surface area (Å²) in [5, 5.41) is 6.05. The number of amides is 2. The molecule has 2 amide bonds. The lowest BCUT2D eigenvalue weighted by Crippen LogP contribution is -2.44. The highest BCUT2D eigenvalue weighted by molar-refractivity contribution is 6.07. The second-order valence-electron chi connectivity index (χ2n) is 8.30. The van der Waals surface area contributed by atoms with E-state index in [1.807, 2.05) is 6.07 Å². The first-order chi connectivity index (χ1) is 14.7. The Hall–Kier alpha value is -2.93. The number of carbonyl (C=O) groups excluding carboxylic acids is 2. The van der Waals surface area contributed by atoms with Gasteiger partial charge in [-0.25, -0.2) is 4.98 Å². The van der Waals surface area contributed by atoms with E-state index in [-0.39, 0.29) is 18.4 Å². The highest BCUT2D eigenvalue weighted by Crippen LogP contribution is 2.31. The first-order valence-electron chi connectivity index (χ1n) is 10.7. The Morgan fingerprint density at radius 3 is 2.90 bits per heavy atom. The monoisotopic (exact) mass is 406 g/mol. The van der Waals surface area contributed by atoms with Gasteiger partial charge < -0.3 is 20.3 Å². The summed E-state index contributed by atoms with van der Waals surface area (Å²) in [7, 11) is 0. The first kappa shape index (κ1) is 19.1. The van der Waals surface area contributed by atoms with E-state index in [2.05, 4.69) is 27.8 Å². The van der Waals surface area contributed by atoms with Crippen LogP contribution in [0.5, 0.6) is 0 Å². The summed E-state index contributed by atoms with van der Waals surface area (Å²) in [5.74, 6) is 0.840. The fourth-order valence-corrected chi connectivity index (χ4v) is 4.55. The third kappa shape index (κ3) is 3.77. The maximum Gasteiger partial charge on any atom is 0.257 e. The van der Waals surface area contributed by atoms with Crippen LogP contribution in [0.25, 0.3) is 0 Å². The minimum Gasteiger partial charge on any atom is -0.381 e. The predicted molar refractivity (Wildman–Crippen MR) is 115 cm³/mol. The van der Waals surface area contributed by atoms with Gasteiger partial charge in [0.05, 0.1) is 17.8 Å². The minimum atomic E-state index is -0.215. The molecule has 7 nitrogen and oxygen atoms in total. The zero-order valence-corrected chi connectivity index (χ0v) is 16.9. The smallest absolute Gasteiger partial charge is 0.257 e. The molecule has 2 N–H and O–H groups in total.